The Morgan fingerprint density at radius 2 is 2.06 bits per heavy atom. The van der Waals surface area contributed by atoms with Gasteiger partial charge < -0.3 is 11.1 Å². The number of rotatable bonds is 5. The molecule has 94 valence electrons. The number of anilines is 1. The summed E-state index contributed by atoms with van der Waals surface area (Å²) < 4.78 is 0. The van der Waals surface area contributed by atoms with Crippen LogP contribution in [0.3, 0.4) is 0 Å². The molecule has 1 amide bonds. The number of carbonyl (C=O) groups is 1. The highest BCUT2D eigenvalue weighted by atomic mass is 32.2. The molecule has 0 aliphatic heterocycles. The number of nitrogens with one attached hydrogen (secondary N) is 1. The Morgan fingerprint density at radius 3 is 2.65 bits per heavy atom. The number of hydrogen-bond acceptors (Lipinski definition) is 3. The van der Waals surface area contributed by atoms with Crippen molar-refractivity contribution in [1.29, 1.82) is 0 Å². The molecule has 0 aliphatic rings. The van der Waals surface area contributed by atoms with Gasteiger partial charge in [0, 0.05) is 16.9 Å². The van der Waals surface area contributed by atoms with E-state index in [2.05, 4.69) is 5.32 Å². The Labute approximate surface area is 107 Å². The SMILES string of the molecule is CSc1ccccc1NC(=O)CCC(C)(C)N. The number of carbonyl (C=O) groups excluding carboxylic acids is 1. The largest absolute Gasteiger partial charge is 0.326 e. The molecule has 0 unspecified atom stereocenters. The van der Waals surface area contributed by atoms with Gasteiger partial charge in [-0.2, -0.15) is 0 Å². The molecule has 0 aliphatic carbocycles. The van der Waals surface area contributed by atoms with Gasteiger partial charge in [-0.05, 0) is 38.7 Å². The fraction of sp³-hybridized carbons (Fsp3) is 0.462. The number of amides is 1. The molecule has 17 heavy (non-hydrogen) atoms. The monoisotopic (exact) mass is 252 g/mol. The molecule has 3 nitrogen and oxygen atoms in total. The highest BCUT2D eigenvalue weighted by molar-refractivity contribution is 7.98. The molecule has 4 heteroatoms. The first-order valence-corrected chi connectivity index (χ1v) is 6.86. The molecule has 0 saturated heterocycles. The topological polar surface area (TPSA) is 55.1 Å². The lowest BCUT2D eigenvalue weighted by molar-refractivity contribution is -0.116. The molecule has 1 rings (SSSR count). The third-order valence-corrected chi connectivity index (χ3v) is 3.17. The molecule has 0 radical (unpaired) electrons. The second-order valence-electron chi connectivity index (χ2n) is 4.74. The first-order valence-electron chi connectivity index (χ1n) is 5.64. The van der Waals surface area contributed by atoms with Gasteiger partial charge in [0.1, 0.15) is 0 Å². The van der Waals surface area contributed by atoms with Crippen LogP contribution < -0.4 is 11.1 Å². The predicted octanol–water partition coefficient (Wildman–Crippen LogP) is 2.86. The summed E-state index contributed by atoms with van der Waals surface area (Å²) in [6.45, 7) is 3.85. The van der Waals surface area contributed by atoms with Gasteiger partial charge in [0.05, 0.1) is 5.69 Å². The zero-order chi connectivity index (χ0) is 12.9. The third kappa shape index (κ3) is 5.24. The molecular formula is C13H20N2OS. The van der Waals surface area contributed by atoms with Gasteiger partial charge in [-0.1, -0.05) is 12.1 Å². The van der Waals surface area contributed by atoms with Crippen LogP contribution in [0.1, 0.15) is 26.7 Å². The van der Waals surface area contributed by atoms with E-state index in [0.29, 0.717) is 12.8 Å². The van der Waals surface area contributed by atoms with Crippen LogP contribution in [0, 0.1) is 0 Å². The first-order chi connectivity index (χ1) is 7.92. The zero-order valence-corrected chi connectivity index (χ0v) is 11.4. The van der Waals surface area contributed by atoms with Gasteiger partial charge in [0.15, 0.2) is 0 Å². The maximum absolute atomic E-state index is 11.8. The van der Waals surface area contributed by atoms with Gasteiger partial charge >= 0.3 is 0 Å². The minimum atomic E-state index is -0.295. The van der Waals surface area contributed by atoms with E-state index < -0.39 is 0 Å². The number of thioether (sulfide) groups is 1. The molecule has 1 aromatic rings. The van der Waals surface area contributed by atoms with Crippen molar-refractivity contribution in [3.05, 3.63) is 24.3 Å². The molecule has 0 fully saturated rings. The van der Waals surface area contributed by atoms with Crippen LogP contribution in [-0.4, -0.2) is 17.7 Å². The number of para-hydroxylation sites is 1. The van der Waals surface area contributed by atoms with Crippen molar-refractivity contribution >= 4 is 23.4 Å². The molecule has 1 aromatic carbocycles. The minimum Gasteiger partial charge on any atom is -0.326 e. The summed E-state index contributed by atoms with van der Waals surface area (Å²) in [6.07, 6.45) is 3.13. The lowest BCUT2D eigenvalue weighted by atomic mass is 10.00. The number of benzene rings is 1. The molecule has 0 aromatic heterocycles. The lowest BCUT2D eigenvalue weighted by Crippen LogP contribution is -2.33. The molecule has 3 N–H and O–H groups in total. The second-order valence-corrected chi connectivity index (χ2v) is 5.59. The predicted molar refractivity (Wildman–Crippen MR) is 74.4 cm³/mol. The van der Waals surface area contributed by atoms with Gasteiger partial charge in [0.2, 0.25) is 5.91 Å². The van der Waals surface area contributed by atoms with Gasteiger partial charge in [-0.15, -0.1) is 11.8 Å². The average molecular weight is 252 g/mol. The van der Waals surface area contributed by atoms with Crippen molar-refractivity contribution in [2.45, 2.75) is 37.1 Å². The van der Waals surface area contributed by atoms with E-state index in [4.69, 9.17) is 5.73 Å². The van der Waals surface area contributed by atoms with Gasteiger partial charge in [-0.3, -0.25) is 4.79 Å². The van der Waals surface area contributed by atoms with E-state index >= 15 is 0 Å². The fourth-order valence-corrected chi connectivity index (χ4v) is 1.95. The summed E-state index contributed by atoms with van der Waals surface area (Å²) in [5.41, 5.74) is 6.43. The Balaban J connectivity index is 2.56. The summed E-state index contributed by atoms with van der Waals surface area (Å²) in [4.78, 5) is 12.8. The van der Waals surface area contributed by atoms with Crippen molar-refractivity contribution in [3.8, 4) is 0 Å². The zero-order valence-electron chi connectivity index (χ0n) is 10.6. The molecule has 0 heterocycles. The van der Waals surface area contributed by atoms with Crippen molar-refractivity contribution in [2.75, 3.05) is 11.6 Å². The highest BCUT2D eigenvalue weighted by Gasteiger charge is 2.13. The normalized spacial score (nSPS) is 11.3. The molecular weight excluding hydrogens is 232 g/mol. The van der Waals surface area contributed by atoms with E-state index in [9.17, 15) is 4.79 Å². The summed E-state index contributed by atoms with van der Waals surface area (Å²) in [5, 5.41) is 2.92. The Bertz CT molecular complexity index is 385. The standard InChI is InChI=1S/C13H20N2OS/c1-13(2,14)9-8-12(16)15-10-6-4-5-7-11(10)17-3/h4-7H,8-9,14H2,1-3H3,(H,15,16). The van der Waals surface area contributed by atoms with E-state index in [1.807, 2.05) is 44.4 Å². The molecule has 0 spiro atoms. The van der Waals surface area contributed by atoms with E-state index in [1.165, 1.54) is 0 Å². The molecule has 0 bridgehead atoms. The Hall–Kier alpha value is -1.00. The van der Waals surface area contributed by atoms with E-state index in [-0.39, 0.29) is 11.4 Å². The average Bonchev–Trinajstić information content (AvgIpc) is 2.26. The van der Waals surface area contributed by atoms with Crippen LogP contribution in [-0.2, 0) is 4.79 Å². The quantitative estimate of drug-likeness (QED) is 0.792. The van der Waals surface area contributed by atoms with E-state index in [1.54, 1.807) is 11.8 Å². The van der Waals surface area contributed by atoms with Crippen LogP contribution in [0.5, 0.6) is 0 Å². The maximum Gasteiger partial charge on any atom is 0.224 e. The second kappa shape index (κ2) is 6.07. The summed E-state index contributed by atoms with van der Waals surface area (Å²) >= 11 is 1.62. The Morgan fingerprint density at radius 1 is 1.41 bits per heavy atom. The maximum atomic E-state index is 11.8. The van der Waals surface area contributed by atoms with Crippen LogP contribution in [0.15, 0.2) is 29.2 Å². The van der Waals surface area contributed by atoms with Crippen LogP contribution >= 0.6 is 11.8 Å². The summed E-state index contributed by atoms with van der Waals surface area (Å²) in [5.74, 6) is 0.0185. The van der Waals surface area contributed by atoms with Crippen molar-refractivity contribution in [1.82, 2.24) is 0 Å². The smallest absolute Gasteiger partial charge is 0.224 e. The Kier molecular flexibility index (Phi) is 5.02. The summed E-state index contributed by atoms with van der Waals surface area (Å²) in [6, 6.07) is 7.79. The number of hydrogen-bond donors (Lipinski definition) is 2. The fourth-order valence-electron chi connectivity index (χ4n) is 1.40. The van der Waals surface area contributed by atoms with Crippen LogP contribution in [0.4, 0.5) is 5.69 Å². The van der Waals surface area contributed by atoms with Crippen LogP contribution in [0.25, 0.3) is 0 Å². The van der Waals surface area contributed by atoms with Crippen LogP contribution in [0.2, 0.25) is 0 Å². The lowest BCUT2D eigenvalue weighted by Gasteiger charge is -2.17. The van der Waals surface area contributed by atoms with E-state index in [0.717, 1.165) is 10.6 Å². The van der Waals surface area contributed by atoms with Crippen molar-refractivity contribution < 1.29 is 4.79 Å². The number of nitrogens with two attached hydrogens (primary N) is 1. The molecule has 0 atom stereocenters. The summed E-state index contributed by atoms with van der Waals surface area (Å²) in [7, 11) is 0. The first kappa shape index (κ1) is 14.1. The van der Waals surface area contributed by atoms with Crippen molar-refractivity contribution in [3.63, 3.8) is 0 Å². The molecule has 0 saturated carbocycles. The van der Waals surface area contributed by atoms with Gasteiger partial charge in [0.25, 0.3) is 0 Å². The van der Waals surface area contributed by atoms with Crippen molar-refractivity contribution in [2.24, 2.45) is 5.73 Å². The van der Waals surface area contributed by atoms with Gasteiger partial charge in [-0.25, -0.2) is 0 Å². The highest BCUT2D eigenvalue weighted by Crippen LogP contribution is 2.24. The minimum absolute atomic E-state index is 0.0185. The third-order valence-electron chi connectivity index (χ3n) is 2.38.